The third-order valence-corrected chi connectivity index (χ3v) is 3.80. The standard InChI is InChI=1S/C12H15NO2S/c1-8(6-12(14)15)9-2-3-11-10(7-9)13-4-5-16-11/h2-3,7-8,13H,4-6H2,1H3,(H,14,15). The normalized spacial score (nSPS) is 16.1. The van der Waals surface area contributed by atoms with Crippen LogP contribution in [0.1, 0.15) is 24.8 Å². The summed E-state index contributed by atoms with van der Waals surface area (Å²) in [7, 11) is 0. The predicted molar refractivity (Wildman–Crippen MR) is 66.3 cm³/mol. The number of fused-ring (bicyclic) bond motifs is 1. The number of carboxylic acids is 1. The molecule has 0 aromatic heterocycles. The van der Waals surface area contributed by atoms with Crippen molar-refractivity contribution >= 4 is 23.4 Å². The fourth-order valence-electron chi connectivity index (χ4n) is 1.84. The van der Waals surface area contributed by atoms with E-state index in [1.165, 1.54) is 4.90 Å². The van der Waals surface area contributed by atoms with Crippen LogP contribution in [-0.4, -0.2) is 23.4 Å². The Balaban J connectivity index is 2.19. The lowest BCUT2D eigenvalue weighted by Gasteiger charge is -2.19. The third kappa shape index (κ3) is 2.50. The lowest BCUT2D eigenvalue weighted by molar-refractivity contribution is -0.137. The molecule has 0 radical (unpaired) electrons. The van der Waals surface area contributed by atoms with Crippen LogP contribution in [0.5, 0.6) is 0 Å². The molecule has 1 unspecified atom stereocenters. The van der Waals surface area contributed by atoms with Gasteiger partial charge in [0.2, 0.25) is 0 Å². The Kier molecular flexibility index (Phi) is 3.39. The number of rotatable bonds is 3. The van der Waals surface area contributed by atoms with E-state index in [1.54, 1.807) is 0 Å². The molecular weight excluding hydrogens is 222 g/mol. The highest BCUT2D eigenvalue weighted by atomic mass is 32.2. The number of hydrogen-bond donors (Lipinski definition) is 2. The average Bonchev–Trinajstić information content (AvgIpc) is 2.27. The molecule has 1 aliphatic heterocycles. The molecule has 1 aliphatic rings. The smallest absolute Gasteiger partial charge is 0.303 e. The quantitative estimate of drug-likeness (QED) is 0.848. The molecule has 86 valence electrons. The summed E-state index contributed by atoms with van der Waals surface area (Å²) in [5.74, 6) is 0.417. The van der Waals surface area contributed by atoms with Gasteiger partial charge in [0.15, 0.2) is 0 Å². The minimum Gasteiger partial charge on any atom is -0.481 e. The van der Waals surface area contributed by atoms with E-state index >= 15 is 0 Å². The number of hydrogen-bond acceptors (Lipinski definition) is 3. The molecule has 1 aromatic carbocycles. The van der Waals surface area contributed by atoms with Crippen LogP contribution < -0.4 is 5.32 Å². The van der Waals surface area contributed by atoms with Crippen molar-refractivity contribution in [2.75, 3.05) is 17.6 Å². The van der Waals surface area contributed by atoms with Gasteiger partial charge in [-0.1, -0.05) is 13.0 Å². The first-order valence-electron chi connectivity index (χ1n) is 5.39. The van der Waals surface area contributed by atoms with Crippen molar-refractivity contribution in [2.24, 2.45) is 0 Å². The fourth-order valence-corrected chi connectivity index (χ4v) is 2.72. The Morgan fingerprint density at radius 3 is 3.19 bits per heavy atom. The van der Waals surface area contributed by atoms with Gasteiger partial charge < -0.3 is 10.4 Å². The predicted octanol–water partition coefficient (Wildman–Crippen LogP) is 2.78. The van der Waals surface area contributed by atoms with Crippen molar-refractivity contribution in [3.05, 3.63) is 23.8 Å². The fraction of sp³-hybridized carbons (Fsp3) is 0.417. The minimum atomic E-state index is -0.743. The van der Waals surface area contributed by atoms with E-state index in [2.05, 4.69) is 17.4 Å². The Bertz CT molecular complexity index is 406. The maximum absolute atomic E-state index is 10.7. The molecule has 2 rings (SSSR count). The van der Waals surface area contributed by atoms with Gasteiger partial charge in [0.25, 0.3) is 0 Å². The van der Waals surface area contributed by atoms with Crippen molar-refractivity contribution in [2.45, 2.75) is 24.2 Å². The molecule has 0 saturated carbocycles. The zero-order valence-electron chi connectivity index (χ0n) is 9.19. The van der Waals surface area contributed by atoms with Gasteiger partial charge in [-0.25, -0.2) is 0 Å². The van der Waals surface area contributed by atoms with Gasteiger partial charge in [0.1, 0.15) is 0 Å². The Morgan fingerprint density at radius 2 is 2.44 bits per heavy atom. The highest BCUT2D eigenvalue weighted by molar-refractivity contribution is 7.99. The summed E-state index contributed by atoms with van der Waals surface area (Å²) in [5, 5.41) is 12.1. The molecule has 1 heterocycles. The SMILES string of the molecule is CC(CC(=O)O)c1ccc2c(c1)NCCS2. The van der Waals surface area contributed by atoms with E-state index in [0.717, 1.165) is 23.5 Å². The summed E-state index contributed by atoms with van der Waals surface area (Å²) in [6.07, 6.45) is 0.186. The van der Waals surface area contributed by atoms with Crippen molar-refractivity contribution in [1.82, 2.24) is 0 Å². The summed E-state index contributed by atoms with van der Waals surface area (Å²) in [5.41, 5.74) is 2.24. The van der Waals surface area contributed by atoms with Crippen LogP contribution in [0.4, 0.5) is 5.69 Å². The molecule has 0 amide bonds. The van der Waals surface area contributed by atoms with Crippen LogP contribution in [0.25, 0.3) is 0 Å². The molecule has 3 nitrogen and oxygen atoms in total. The first-order chi connectivity index (χ1) is 7.66. The van der Waals surface area contributed by atoms with Crippen LogP contribution in [0, 0.1) is 0 Å². The van der Waals surface area contributed by atoms with Gasteiger partial charge in [0, 0.05) is 22.9 Å². The molecule has 1 aromatic rings. The van der Waals surface area contributed by atoms with Crippen LogP contribution in [0.2, 0.25) is 0 Å². The van der Waals surface area contributed by atoms with Gasteiger partial charge >= 0.3 is 5.97 Å². The average molecular weight is 237 g/mol. The van der Waals surface area contributed by atoms with Gasteiger partial charge in [-0.2, -0.15) is 0 Å². The van der Waals surface area contributed by atoms with Crippen molar-refractivity contribution in [3.63, 3.8) is 0 Å². The zero-order chi connectivity index (χ0) is 11.5. The first kappa shape index (κ1) is 11.3. The van der Waals surface area contributed by atoms with E-state index in [4.69, 9.17) is 5.11 Å². The number of benzene rings is 1. The lowest BCUT2D eigenvalue weighted by atomic mass is 9.97. The van der Waals surface area contributed by atoms with Gasteiger partial charge in [-0.3, -0.25) is 4.79 Å². The van der Waals surface area contributed by atoms with E-state index in [-0.39, 0.29) is 12.3 Å². The molecule has 0 aliphatic carbocycles. The molecule has 0 saturated heterocycles. The van der Waals surface area contributed by atoms with Crippen molar-refractivity contribution in [3.8, 4) is 0 Å². The molecule has 2 N–H and O–H groups in total. The highest BCUT2D eigenvalue weighted by Crippen LogP contribution is 2.33. The molecular formula is C12H15NO2S. The van der Waals surface area contributed by atoms with E-state index in [1.807, 2.05) is 24.8 Å². The van der Waals surface area contributed by atoms with Crippen LogP contribution >= 0.6 is 11.8 Å². The molecule has 0 spiro atoms. The zero-order valence-corrected chi connectivity index (χ0v) is 10.0. The maximum Gasteiger partial charge on any atom is 0.303 e. The number of carboxylic acid groups (broad SMARTS) is 1. The number of aliphatic carboxylic acids is 1. The largest absolute Gasteiger partial charge is 0.481 e. The highest BCUT2D eigenvalue weighted by Gasteiger charge is 2.14. The Labute approximate surface area is 99.2 Å². The number of anilines is 1. The lowest BCUT2D eigenvalue weighted by Crippen LogP contribution is -2.11. The van der Waals surface area contributed by atoms with Crippen molar-refractivity contribution < 1.29 is 9.90 Å². The Hall–Kier alpha value is -1.16. The van der Waals surface area contributed by atoms with Crippen molar-refractivity contribution in [1.29, 1.82) is 0 Å². The molecule has 1 atom stereocenters. The minimum absolute atomic E-state index is 0.0662. The summed E-state index contributed by atoms with van der Waals surface area (Å²) >= 11 is 1.84. The second kappa shape index (κ2) is 4.78. The summed E-state index contributed by atoms with van der Waals surface area (Å²) in [4.78, 5) is 11.9. The van der Waals surface area contributed by atoms with E-state index in [9.17, 15) is 4.79 Å². The number of thioether (sulfide) groups is 1. The van der Waals surface area contributed by atoms with E-state index in [0.29, 0.717) is 0 Å². The van der Waals surface area contributed by atoms with Crippen LogP contribution in [-0.2, 0) is 4.79 Å². The van der Waals surface area contributed by atoms with E-state index < -0.39 is 5.97 Å². The molecule has 0 fully saturated rings. The maximum atomic E-state index is 10.7. The second-order valence-electron chi connectivity index (χ2n) is 4.03. The molecule has 0 bridgehead atoms. The van der Waals surface area contributed by atoms with Gasteiger partial charge in [-0.15, -0.1) is 11.8 Å². The first-order valence-corrected chi connectivity index (χ1v) is 6.38. The summed E-state index contributed by atoms with van der Waals surface area (Å²) in [6, 6.07) is 6.20. The Morgan fingerprint density at radius 1 is 1.62 bits per heavy atom. The van der Waals surface area contributed by atoms with Gasteiger partial charge in [0.05, 0.1) is 6.42 Å². The number of nitrogens with one attached hydrogen (secondary N) is 1. The summed E-state index contributed by atoms with van der Waals surface area (Å²) < 4.78 is 0. The molecule has 16 heavy (non-hydrogen) atoms. The topological polar surface area (TPSA) is 49.3 Å². The van der Waals surface area contributed by atoms with Gasteiger partial charge in [-0.05, 0) is 23.6 Å². The van der Waals surface area contributed by atoms with Crippen LogP contribution in [0.3, 0.4) is 0 Å². The molecule has 4 heteroatoms. The van der Waals surface area contributed by atoms with Crippen LogP contribution in [0.15, 0.2) is 23.1 Å². The summed E-state index contributed by atoms with van der Waals surface area (Å²) in [6.45, 7) is 2.93. The number of carbonyl (C=O) groups is 1. The monoisotopic (exact) mass is 237 g/mol. The second-order valence-corrected chi connectivity index (χ2v) is 5.17. The third-order valence-electron chi connectivity index (χ3n) is 2.73.